The number of amides is 1. The van der Waals surface area contributed by atoms with E-state index in [2.05, 4.69) is 9.62 Å². The third-order valence-electron chi connectivity index (χ3n) is 5.83. The number of rotatable bonds is 6. The van der Waals surface area contributed by atoms with Gasteiger partial charge in [0.05, 0.1) is 12.0 Å². The van der Waals surface area contributed by atoms with E-state index in [9.17, 15) is 13.2 Å². The van der Waals surface area contributed by atoms with Crippen molar-refractivity contribution in [1.29, 1.82) is 0 Å². The van der Waals surface area contributed by atoms with Gasteiger partial charge in [-0.1, -0.05) is 17.7 Å². The van der Waals surface area contributed by atoms with E-state index >= 15 is 0 Å². The molecule has 1 amide bonds. The van der Waals surface area contributed by atoms with Gasteiger partial charge in [-0.25, -0.2) is 8.42 Å². The molecule has 3 aromatic carbocycles. The first-order chi connectivity index (χ1) is 16.3. The topological polar surface area (TPSA) is 79.0 Å². The number of hydrogen-bond acceptors (Lipinski definition) is 5. The molecule has 7 nitrogen and oxygen atoms in total. The van der Waals surface area contributed by atoms with Crippen molar-refractivity contribution >= 4 is 38.9 Å². The van der Waals surface area contributed by atoms with Gasteiger partial charge in [0, 0.05) is 48.1 Å². The Bertz CT molecular complexity index is 1270. The van der Waals surface area contributed by atoms with Crippen LogP contribution in [0.5, 0.6) is 5.75 Å². The predicted octanol–water partition coefficient (Wildman–Crippen LogP) is 4.42. The molecule has 0 atom stereocenters. The van der Waals surface area contributed by atoms with Crippen LogP contribution in [-0.2, 0) is 10.0 Å². The molecule has 1 N–H and O–H groups in total. The number of sulfonamides is 1. The number of nitrogens with zero attached hydrogens (tertiary/aromatic N) is 2. The molecule has 0 radical (unpaired) electrons. The highest BCUT2D eigenvalue weighted by Crippen LogP contribution is 2.24. The SMILES string of the molecule is COc1ccc(N2CCN(C(=O)c3ccc(NS(=O)(=O)c4cc(Cl)ccc4C)cc3)CC2)cc1. The van der Waals surface area contributed by atoms with Crippen LogP contribution in [0.3, 0.4) is 0 Å². The van der Waals surface area contributed by atoms with Crippen molar-refractivity contribution in [3.8, 4) is 5.75 Å². The van der Waals surface area contributed by atoms with Crippen LogP contribution in [0.15, 0.2) is 71.6 Å². The molecule has 1 heterocycles. The molecule has 0 spiro atoms. The van der Waals surface area contributed by atoms with Gasteiger partial charge in [0.2, 0.25) is 0 Å². The van der Waals surface area contributed by atoms with Gasteiger partial charge >= 0.3 is 0 Å². The van der Waals surface area contributed by atoms with Gasteiger partial charge in [0.25, 0.3) is 15.9 Å². The van der Waals surface area contributed by atoms with Crippen molar-refractivity contribution in [2.45, 2.75) is 11.8 Å². The molecule has 0 bridgehead atoms. The first-order valence-electron chi connectivity index (χ1n) is 10.8. The van der Waals surface area contributed by atoms with E-state index in [1.54, 1.807) is 50.4 Å². The van der Waals surface area contributed by atoms with Crippen LogP contribution in [0.4, 0.5) is 11.4 Å². The minimum atomic E-state index is -3.80. The first kappa shape index (κ1) is 23.9. The fraction of sp³-hybridized carbons (Fsp3) is 0.240. The van der Waals surface area contributed by atoms with Crippen LogP contribution in [0.25, 0.3) is 0 Å². The Kier molecular flexibility index (Phi) is 7.00. The van der Waals surface area contributed by atoms with E-state index in [0.717, 1.165) is 24.5 Å². The van der Waals surface area contributed by atoms with Gasteiger partial charge in [-0.15, -0.1) is 0 Å². The van der Waals surface area contributed by atoms with Crippen LogP contribution < -0.4 is 14.4 Å². The van der Waals surface area contributed by atoms with Crippen LogP contribution in [0, 0.1) is 6.92 Å². The van der Waals surface area contributed by atoms with Crippen LogP contribution >= 0.6 is 11.6 Å². The maximum Gasteiger partial charge on any atom is 0.262 e. The first-order valence-corrected chi connectivity index (χ1v) is 12.7. The maximum absolute atomic E-state index is 13.0. The van der Waals surface area contributed by atoms with Crippen molar-refractivity contribution in [3.63, 3.8) is 0 Å². The van der Waals surface area contributed by atoms with E-state index in [0.29, 0.717) is 34.9 Å². The average Bonchev–Trinajstić information content (AvgIpc) is 2.85. The normalized spacial score (nSPS) is 14.1. The van der Waals surface area contributed by atoms with Gasteiger partial charge in [0.15, 0.2) is 0 Å². The molecule has 1 aliphatic rings. The zero-order valence-electron chi connectivity index (χ0n) is 19.0. The minimum absolute atomic E-state index is 0.0746. The highest BCUT2D eigenvalue weighted by atomic mass is 35.5. The molecule has 34 heavy (non-hydrogen) atoms. The van der Waals surface area contributed by atoms with Crippen LogP contribution in [0.2, 0.25) is 5.02 Å². The predicted molar refractivity (Wildman–Crippen MR) is 135 cm³/mol. The third-order valence-corrected chi connectivity index (χ3v) is 7.59. The van der Waals surface area contributed by atoms with Crippen LogP contribution in [-0.4, -0.2) is 52.5 Å². The summed E-state index contributed by atoms with van der Waals surface area (Å²) in [7, 11) is -2.16. The minimum Gasteiger partial charge on any atom is -0.497 e. The summed E-state index contributed by atoms with van der Waals surface area (Å²) in [4.78, 5) is 17.1. The highest BCUT2D eigenvalue weighted by molar-refractivity contribution is 7.92. The molecule has 1 aliphatic heterocycles. The maximum atomic E-state index is 13.0. The summed E-state index contributed by atoms with van der Waals surface area (Å²) in [6, 6.07) is 19.1. The number of ether oxygens (including phenoxy) is 1. The lowest BCUT2D eigenvalue weighted by Crippen LogP contribution is -2.48. The number of aryl methyl sites for hydroxylation is 1. The van der Waals surface area contributed by atoms with Crippen LogP contribution in [0.1, 0.15) is 15.9 Å². The molecule has 9 heteroatoms. The molecule has 0 unspecified atom stereocenters. The summed E-state index contributed by atoms with van der Waals surface area (Å²) < 4.78 is 33.3. The quantitative estimate of drug-likeness (QED) is 0.543. The van der Waals surface area contributed by atoms with E-state index in [4.69, 9.17) is 16.3 Å². The number of benzene rings is 3. The third kappa shape index (κ3) is 5.29. The Morgan fingerprint density at radius 3 is 2.21 bits per heavy atom. The molecular weight excluding hydrogens is 474 g/mol. The fourth-order valence-electron chi connectivity index (χ4n) is 3.90. The van der Waals surface area contributed by atoms with E-state index in [1.807, 2.05) is 29.2 Å². The Labute approximate surface area is 205 Å². The summed E-state index contributed by atoms with van der Waals surface area (Å²) in [5.74, 6) is 0.737. The second-order valence-corrected chi connectivity index (χ2v) is 10.2. The summed E-state index contributed by atoms with van der Waals surface area (Å²) in [6.45, 7) is 4.38. The molecule has 4 rings (SSSR count). The van der Waals surface area contributed by atoms with Gasteiger partial charge in [0.1, 0.15) is 5.75 Å². The van der Waals surface area contributed by atoms with E-state index in [1.165, 1.54) is 6.07 Å². The number of nitrogens with one attached hydrogen (secondary N) is 1. The second-order valence-electron chi connectivity index (χ2n) is 8.07. The molecule has 0 saturated carbocycles. The number of carbonyl (C=O) groups is 1. The largest absolute Gasteiger partial charge is 0.497 e. The number of hydrogen-bond donors (Lipinski definition) is 1. The molecular formula is C25H26ClN3O4S. The Balaban J connectivity index is 1.38. The number of piperazine rings is 1. The number of halogens is 1. The molecule has 178 valence electrons. The molecule has 0 aliphatic carbocycles. The smallest absolute Gasteiger partial charge is 0.262 e. The van der Waals surface area contributed by atoms with Crippen molar-refractivity contribution in [2.75, 3.05) is 42.9 Å². The number of methoxy groups -OCH3 is 1. The lowest BCUT2D eigenvalue weighted by atomic mass is 10.1. The monoisotopic (exact) mass is 499 g/mol. The second kappa shape index (κ2) is 9.95. The van der Waals surface area contributed by atoms with Gasteiger partial charge in [-0.2, -0.15) is 0 Å². The van der Waals surface area contributed by atoms with E-state index in [-0.39, 0.29) is 10.8 Å². The molecule has 3 aromatic rings. The molecule has 0 aromatic heterocycles. The highest BCUT2D eigenvalue weighted by Gasteiger charge is 2.23. The van der Waals surface area contributed by atoms with Crippen molar-refractivity contribution in [2.24, 2.45) is 0 Å². The number of carbonyl (C=O) groups excluding carboxylic acids is 1. The lowest BCUT2D eigenvalue weighted by molar-refractivity contribution is 0.0747. The Morgan fingerprint density at radius 1 is 0.941 bits per heavy atom. The van der Waals surface area contributed by atoms with Crippen molar-refractivity contribution < 1.29 is 17.9 Å². The Morgan fingerprint density at radius 2 is 1.59 bits per heavy atom. The summed E-state index contributed by atoms with van der Waals surface area (Å²) >= 11 is 5.97. The zero-order valence-corrected chi connectivity index (χ0v) is 20.6. The molecule has 1 saturated heterocycles. The summed E-state index contributed by atoms with van der Waals surface area (Å²) in [5, 5.41) is 0.346. The lowest BCUT2D eigenvalue weighted by Gasteiger charge is -2.36. The standard InChI is InChI=1S/C25H26ClN3O4S/c1-18-3-6-20(26)17-24(18)34(31,32)27-21-7-4-19(5-8-21)25(30)29-15-13-28(14-16-29)22-9-11-23(33-2)12-10-22/h3-12,17,27H,13-16H2,1-2H3. The number of anilines is 2. The van der Waals surface area contributed by atoms with Crippen molar-refractivity contribution in [3.05, 3.63) is 82.9 Å². The molecule has 1 fully saturated rings. The van der Waals surface area contributed by atoms with E-state index < -0.39 is 10.0 Å². The Hall–Kier alpha value is -3.23. The fourth-order valence-corrected chi connectivity index (χ4v) is 5.46. The average molecular weight is 500 g/mol. The van der Waals surface area contributed by atoms with Crippen molar-refractivity contribution in [1.82, 2.24) is 4.90 Å². The summed E-state index contributed by atoms with van der Waals surface area (Å²) in [5.41, 5.74) is 2.58. The van der Waals surface area contributed by atoms with Gasteiger partial charge in [-0.05, 0) is 73.2 Å². The zero-order chi connectivity index (χ0) is 24.3. The summed E-state index contributed by atoms with van der Waals surface area (Å²) in [6.07, 6.45) is 0. The van der Waals surface area contributed by atoms with Gasteiger partial charge in [-0.3, -0.25) is 9.52 Å². The van der Waals surface area contributed by atoms with Gasteiger partial charge < -0.3 is 14.5 Å².